The van der Waals surface area contributed by atoms with E-state index in [0.29, 0.717) is 0 Å². The van der Waals surface area contributed by atoms with Crippen molar-refractivity contribution in [3.8, 4) is 0 Å². The fourth-order valence-electron chi connectivity index (χ4n) is 1.56. The van der Waals surface area contributed by atoms with E-state index in [4.69, 9.17) is 9.16 Å². The Bertz CT molecular complexity index is 251. The summed E-state index contributed by atoms with van der Waals surface area (Å²) in [5.41, 5.74) is 1.35. The van der Waals surface area contributed by atoms with Crippen LogP contribution in [0.25, 0.3) is 0 Å². The average molecular weight is 238 g/mol. The summed E-state index contributed by atoms with van der Waals surface area (Å²) in [6.07, 6.45) is 4.56. The van der Waals surface area contributed by atoms with Crippen LogP contribution in [-0.4, -0.2) is 30.3 Å². The van der Waals surface area contributed by atoms with Gasteiger partial charge in [0.15, 0.2) is 0 Å². The maximum Gasteiger partial charge on any atom is 0.145 e. The Morgan fingerprint density at radius 3 is 2.38 bits per heavy atom. The zero-order valence-corrected chi connectivity index (χ0v) is 12.2. The summed E-state index contributed by atoms with van der Waals surface area (Å²) in [6.45, 7) is 2.64. The van der Waals surface area contributed by atoms with E-state index in [1.54, 1.807) is 0 Å². The summed E-state index contributed by atoms with van der Waals surface area (Å²) in [4.78, 5) is 0. The van der Waals surface area contributed by atoms with Crippen molar-refractivity contribution in [2.24, 2.45) is 0 Å². The fraction of sp³-hybridized carbons (Fsp3) is 0.538. The minimum absolute atomic E-state index is 0.835. The van der Waals surface area contributed by atoms with E-state index in [2.05, 4.69) is 24.3 Å². The van der Waals surface area contributed by atoms with E-state index >= 15 is 0 Å². The van der Waals surface area contributed by atoms with Gasteiger partial charge in [0.05, 0.1) is 6.61 Å². The Balaban J connectivity index is 1.89. The molecule has 0 fully saturated rings. The second-order valence-corrected chi connectivity index (χ2v) is 4.48. The monoisotopic (exact) mass is 238 g/mol. The van der Waals surface area contributed by atoms with Gasteiger partial charge in [-0.25, -0.2) is 0 Å². The number of rotatable bonds is 9. The van der Waals surface area contributed by atoms with Crippen LogP contribution in [0, 0.1) is 0 Å². The summed E-state index contributed by atoms with van der Waals surface area (Å²) in [6, 6.07) is 10.5. The molecule has 0 saturated carbocycles. The molecule has 0 aliphatic carbocycles. The quantitative estimate of drug-likeness (QED) is 0.482. The van der Waals surface area contributed by atoms with Gasteiger partial charge < -0.3 is 9.16 Å². The van der Waals surface area contributed by atoms with E-state index < -0.39 is 0 Å². The van der Waals surface area contributed by atoms with Crippen LogP contribution in [0.15, 0.2) is 30.3 Å². The standard InChI is InChI=1S/C13H22O2Si/c16-15-11-6-2-5-10-14-12-9-13-7-3-1-4-8-13/h1,3-4,7-8H,2,5-6,9-12H2,16H3. The first-order chi connectivity index (χ1) is 7.93. The largest absolute Gasteiger partial charge is 0.428 e. The zero-order chi connectivity index (χ0) is 11.5. The van der Waals surface area contributed by atoms with E-state index in [1.165, 1.54) is 18.4 Å². The average Bonchev–Trinajstić information content (AvgIpc) is 2.34. The Morgan fingerprint density at radius 2 is 1.62 bits per heavy atom. The lowest BCUT2D eigenvalue weighted by atomic mass is 10.2. The van der Waals surface area contributed by atoms with Crippen molar-refractivity contribution >= 4 is 10.5 Å². The van der Waals surface area contributed by atoms with Gasteiger partial charge in [0.1, 0.15) is 10.5 Å². The molecule has 0 aliphatic rings. The minimum atomic E-state index is 0.835. The van der Waals surface area contributed by atoms with Crippen molar-refractivity contribution in [1.29, 1.82) is 0 Å². The second-order valence-electron chi connectivity index (χ2n) is 3.90. The molecule has 0 unspecified atom stereocenters. The summed E-state index contributed by atoms with van der Waals surface area (Å²) in [5, 5.41) is 0. The van der Waals surface area contributed by atoms with Crippen molar-refractivity contribution in [2.45, 2.75) is 25.7 Å². The third kappa shape index (κ3) is 6.77. The highest BCUT2D eigenvalue weighted by atomic mass is 28.2. The predicted octanol–water partition coefficient (Wildman–Crippen LogP) is 1.71. The highest BCUT2D eigenvalue weighted by molar-refractivity contribution is 5.97. The third-order valence-electron chi connectivity index (χ3n) is 2.52. The molecule has 0 saturated heterocycles. The lowest BCUT2D eigenvalue weighted by Crippen LogP contribution is -2.00. The molecule has 0 aliphatic heterocycles. The number of hydrogen-bond donors (Lipinski definition) is 0. The molecule has 16 heavy (non-hydrogen) atoms. The second kappa shape index (κ2) is 9.57. The highest BCUT2D eigenvalue weighted by Gasteiger charge is 1.93. The van der Waals surface area contributed by atoms with Gasteiger partial charge in [0, 0.05) is 13.2 Å². The molecule has 2 nitrogen and oxygen atoms in total. The molecule has 3 heteroatoms. The van der Waals surface area contributed by atoms with Crippen molar-refractivity contribution in [1.82, 2.24) is 0 Å². The lowest BCUT2D eigenvalue weighted by molar-refractivity contribution is 0.132. The van der Waals surface area contributed by atoms with Crippen LogP contribution in [0.1, 0.15) is 24.8 Å². The molecule has 0 N–H and O–H groups in total. The first-order valence-corrected chi connectivity index (χ1v) is 6.86. The maximum absolute atomic E-state index is 5.59. The van der Waals surface area contributed by atoms with Crippen molar-refractivity contribution < 1.29 is 9.16 Å². The van der Waals surface area contributed by atoms with Gasteiger partial charge in [-0.2, -0.15) is 0 Å². The molecule has 0 amide bonds. The fourth-order valence-corrected chi connectivity index (χ4v) is 1.85. The maximum atomic E-state index is 5.59. The minimum Gasteiger partial charge on any atom is -0.428 e. The van der Waals surface area contributed by atoms with Gasteiger partial charge >= 0.3 is 0 Å². The third-order valence-corrected chi connectivity index (χ3v) is 2.92. The van der Waals surface area contributed by atoms with Crippen LogP contribution in [-0.2, 0) is 15.6 Å². The van der Waals surface area contributed by atoms with Crippen LogP contribution in [0.5, 0.6) is 0 Å². The molecule has 0 radical (unpaired) electrons. The summed E-state index contributed by atoms with van der Waals surface area (Å²) >= 11 is 0. The SMILES string of the molecule is [SiH3]OCCCCCOCCc1ccccc1. The van der Waals surface area contributed by atoms with Gasteiger partial charge in [0.25, 0.3) is 0 Å². The van der Waals surface area contributed by atoms with Crippen molar-refractivity contribution in [2.75, 3.05) is 19.8 Å². The molecule has 1 aromatic carbocycles. The van der Waals surface area contributed by atoms with Gasteiger partial charge in [-0.05, 0) is 31.2 Å². The van der Waals surface area contributed by atoms with Crippen molar-refractivity contribution in [3.05, 3.63) is 35.9 Å². The van der Waals surface area contributed by atoms with Crippen LogP contribution in [0.3, 0.4) is 0 Å². The molecular weight excluding hydrogens is 216 g/mol. The van der Waals surface area contributed by atoms with E-state index in [0.717, 1.165) is 43.1 Å². The van der Waals surface area contributed by atoms with Gasteiger partial charge in [-0.3, -0.25) is 0 Å². The number of ether oxygens (including phenoxy) is 1. The summed E-state index contributed by atoms with van der Waals surface area (Å²) in [5.74, 6) is 0. The highest BCUT2D eigenvalue weighted by Crippen LogP contribution is 2.01. The number of hydrogen-bond acceptors (Lipinski definition) is 2. The topological polar surface area (TPSA) is 18.5 Å². The summed E-state index contributed by atoms with van der Waals surface area (Å²) in [7, 11) is 0.864. The molecule has 0 spiro atoms. The van der Waals surface area contributed by atoms with Gasteiger partial charge in [-0.15, -0.1) is 0 Å². The molecule has 0 bridgehead atoms. The van der Waals surface area contributed by atoms with E-state index in [-0.39, 0.29) is 0 Å². The van der Waals surface area contributed by atoms with Gasteiger partial charge in [-0.1, -0.05) is 30.3 Å². The molecule has 0 aromatic heterocycles. The van der Waals surface area contributed by atoms with Crippen LogP contribution in [0.4, 0.5) is 0 Å². The molecule has 0 atom stereocenters. The van der Waals surface area contributed by atoms with Crippen molar-refractivity contribution in [3.63, 3.8) is 0 Å². The van der Waals surface area contributed by atoms with E-state index in [9.17, 15) is 0 Å². The normalized spacial score (nSPS) is 10.8. The lowest BCUT2D eigenvalue weighted by Gasteiger charge is -2.04. The first-order valence-electron chi connectivity index (χ1n) is 6.04. The van der Waals surface area contributed by atoms with Crippen LogP contribution < -0.4 is 0 Å². The number of benzene rings is 1. The Morgan fingerprint density at radius 1 is 0.875 bits per heavy atom. The molecule has 90 valence electrons. The Labute approximate surface area is 102 Å². The van der Waals surface area contributed by atoms with Crippen LogP contribution in [0.2, 0.25) is 0 Å². The summed E-state index contributed by atoms with van der Waals surface area (Å²) < 4.78 is 10.7. The molecule has 1 rings (SSSR count). The Hall–Kier alpha value is -0.643. The number of unbranched alkanes of at least 4 members (excludes halogenated alkanes) is 2. The zero-order valence-electron chi connectivity index (χ0n) is 10.2. The van der Waals surface area contributed by atoms with E-state index in [1.807, 2.05) is 6.07 Å². The molecule has 0 heterocycles. The molecule has 1 aromatic rings. The van der Waals surface area contributed by atoms with Gasteiger partial charge in [0.2, 0.25) is 0 Å². The smallest absolute Gasteiger partial charge is 0.145 e. The molecular formula is C13H22O2Si. The van der Waals surface area contributed by atoms with Crippen LogP contribution >= 0.6 is 0 Å². The first kappa shape index (κ1) is 13.4. The Kier molecular flexibility index (Phi) is 8.03. The predicted molar refractivity (Wildman–Crippen MR) is 70.7 cm³/mol.